The summed E-state index contributed by atoms with van der Waals surface area (Å²) in [5.41, 5.74) is 2.35. The summed E-state index contributed by atoms with van der Waals surface area (Å²) in [5.74, 6) is 1.34. The summed E-state index contributed by atoms with van der Waals surface area (Å²) in [7, 11) is 1.81. The molecule has 7 heteroatoms. The molecule has 184 valence electrons. The summed E-state index contributed by atoms with van der Waals surface area (Å²) in [4.78, 5) is 29.8. The highest BCUT2D eigenvalue weighted by Crippen LogP contribution is 2.35. The minimum absolute atomic E-state index is 0.0695. The van der Waals surface area contributed by atoms with Crippen molar-refractivity contribution in [2.45, 2.75) is 82.7 Å². The molecule has 1 aromatic carbocycles. The average Bonchev–Trinajstić information content (AvgIpc) is 3.37. The standard InChI is InChI=1S/C27H37N3O4/c1-4-29(15-18-12-21(13-18)33-3)23-6-5-7-25(23)34-20-9-10-22-19(14-20)16-30(27(22)32)24-11-8-17(2)28-26(24)31/h9-10,14,18,21,23-25H,2,4-8,11-13,15-16H2,1,3H3,(H,28,31)/t18?,21?,23-,24?,25+/m1/s1. The first kappa shape index (κ1) is 23.4. The third-order valence-corrected chi connectivity index (χ3v) is 8.21. The van der Waals surface area contributed by atoms with E-state index < -0.39 is 6.04 Å². The molecule has 34 heavy (non-hydrogen) atoms. The molecular formula is C27H37N3O4. The van der Waals surface area contributed by atoms with E-state index in [1.807, 2.05) is 25.3 Å². The second-order valence-electron chi connectivity index (χ2n) is 10.3. The fraction of sp³-hybridized carbons (Fsp3) is 0.630. The summed E-state index contributed by atoms with van der Waals surface area (Å²) >= 11 is 0. The number of nitrogens with zero attached hydrogens (tertiary/aromatic N) is 2. The minimum Gasteiger partial charge on any atom is -0.489 e. The van der Waals surface area contributed by atoms with Gasteiger partial charge in [0.25, 0.3) is 5.91 Å². The Morgan fingerprint density at radius 2 is 2.03 bits per heavy atom. The van der Waals surface area contributed by atoms with Gasteiger partial charge in [-0.05, 0) is 81.2 Å². The first-order chi connectivity index (χ1) is 16.5. The summed E-state index contributed by atoms with van der Waals surface area (Å²) in [6.45, 7) is 8.68. The summed E-state index contributed by atoms with van der Waals surface area (Å²) in [6, 6.07) is 5.79. The van der Waals surface area contributed by atoms with Crippen molar-refractivity contribution in [2.24, 2.45) is 5.92 Å². The maximum absolute atomic E-state index is 13.0. The van der Waals surface area contributed by atoms with Crippen molar-refractivity contribution in [1.29, 1.82) is 0 Å². The Hall–Kier alpha value is -2.38. The first-order valence-corrected chi connectivity index (χ1v) is 12.8. The number of likely N-dealkylation sites (N-methyl/N-ethyl adjacent to an activating group) is 1. The van der Waals surface area contributed by atoms with Crippen LogP contribution in [0.15, 0.2) is 30.5 Å². The largest absolute Gasteiger partial charge is 0.489 e. The third kappa shape index (κ3) is 4.48. The van der Waals surface area contributed by atoms with E-state index in [2.05, 4.69) is 23.7 Å². The lowest BCUT2D eigenvalue weighted by Crippen LogP contribution is -2.49. The Balaban J connectivity index is 1.23. The monoisotopic (exact) mass is 467 g/mol. The molecule has 3 atom stereocenters. The number of ether oxygens (including phenoxy) is 2. The van der Waals surface area contributed by atoms with Crippen LogP contribution in [0.1, 0.15) is 67.8 Å². The van der Waals surface area contributed by atoms with Gasteiger partial charge in [0, 0.05) is 37.5 Å². The molecule has 3 fully saturated rings. The highest BCUT2D eigenvalue weighted by molar-refractivity contribution is 6.01. The Morgan fingerprint density at radius 3 is 2.76 bits per heavy atom. The molecule has 2 saturated carbocycles. The van der Waals surface area contributed by atoms with E-state index in [9.17, 15) is 9.59 Å². The van der Waals surface area contributed by atoms with Crippen molar-refractivity contribution in [3.8, 4) is 5.75 Å². The van der Waals surface area contributed by atoms with Gasteiger partial charge in [-0.15, -0.1) is 0 Å². The SMILES string of the molecule is C=C1CCC(N2Cc3cc(O[C@H]4CCC[C@H]4N(CC)CC4CC(OC)C4)ccc3C2=O)C(=O)N1. The number of benzene rings is 1. The molecular weight excluding hydrogens is 430 g/mol. The van der Waals surface area contributed by atoms with Crippen LogP contribution in [0.4, 0.5) is 0 Å². The maximum atomic E-state index is 13.0. The van der Waals surface area contributed by atoms with Crippen LogP contribution >= 0.6 is 0 Å². The smallest absolute Gasteiger partial charge is 0.255 e. The topological polar surface area (TPSA) is 71.1 Å². The predicted octanol–water partition coefficient (Wildman–Crippen LogP) is 3.48. The lowest BCUT2D eigenvalue weighted by Gasteiger charge is -2.40. The van der Waals surface area contributed by atoms with E-state index >= 15 is 0 Å². The van der Waals surface area contributed by atoms with Crippen molar-refractivity contribution < 1.29 is 19.1 Å². The zero-order valence-electron chi connectivity index (χ0n) is 20.4. The van der Waals surface area contributed by atoms with Gasteiger partial charge in [-0.1, -0.05) is 13.5 Å². The molecule has 0 spiro atoms. The van der Waals surface area contributed by atoms with Crippen LogP contribution < -0.4 is 10.1 Å². The van der Waals surface area contributed by atoms with Crippen LogP contribution in [-0.2, 0) is 16.1 Å². The van der Waals surface area contributed by atoms with Crippen LogP contribution in [0.5, 0.6) is 5.75 Å². The number of nitrogens with one attached hydrogen (secondary N) is 1. The minimum atomic E-state index is -0.434. The van der Waals surface area contributed by atoms with Gasteiger partial charge < -0.3 is 19.7 Å². The zero-order chi connectivity index (χ0) is 23.8. The number of fused-ring (bicyclic) bond motifs is 1. The van der Waals surface area contributed by atoms with Crippen molar-refractivity contribution in [2.75, 3.05) is 20.2 Å². The summed E-state index contributed by atoms with van der Waals surface area (Å²) in [6.07, 6.45) is 7.65. The molecule has 0 aromatic heterocycles. The fourth-order valence-corrected chi connectivity index (χ4v) is 6.19. The van der Waals surface area contributed by atoms with Gasteiger partial charge >= 0.3 is 0 Å². The van der Waals surface area contributed by atoms with E-state index in [1.54, 1.807) is 4.90 Å². The number of methoxy groups -OCH3 is 1. The molecule has 1 saturated heterocycles. The van der Waals surface area contributed by atoms with Gasteiger partial charge in [-0.2, -0.15) is 0 Å². The van der Waals surface area contributed by atoms with Crippen molar-refractivity contribution in [1.82, 2.24) is 15.1 Å². The Morgan fingerprint density at radius 1 is 1.21 bits per heavy atom. The maximum Gasteiger partial charge on any atom is 0.255 e. The summed E-state index contributed by atoms with van der Waals surface area (Å²) < 4.78 is 12.0. The molecule has 2 aliphatic heterocycles. The highest BCUT2D eigenvalue weighted by Gasteiger charge is 2.39. The second-order valence-corrected chi connectivity index (χ2v) is 10.3. The van der Waals surface area contributed by atoms with Crippen LogP contribution in [0.25, 0.3) is 0 Å². The molecule has 2 amide bonds. The molecule has 1 aromatic rings. The van der Waals surface area contributed by atoms with Crippen molar-refractivity contribution in [3.05, 3.63) is 41.6 Å². The zero-order valence-corrected chi connectivity index (χ0v) is 20.4. The normalized spacial score (nSPS) is 31.0. The van der Waals surface area contributed by atoms with Gasteiger partial charge in [0.1, 0.15) is 17.9 Å². The lowest BCUT2D eigenvalue weighted by atomic mass is 9.81. The Labute approximate surface area is 202 Å². The number of hydrogen-bond acceptors (Lipinski definition) is 5. The summed E-state index contributed by atoms with van der Waals surface area (Å²) in [5, 5.41) is 2.80. The third-order valence-electron chi connectivity index (χ3n) is 8.21. The quantitative estimate of drug-likeness (QED) is 0.634. The first-order valence-electron chi connectivity index (χ1n) is 12.8. The predicted molar refractivity (Wildman–Crippen MR) is 129 cm³/mol. The average molecular weight is 468 g/mol. The number of amides is 2. The van der Waals surface area contributed by atoms with Crippen LogP contribution in [0.2, 0.25) is 0 Å². The van der Waals surface area contributed by atoms with Crippen LogP contribution in [0, 0.1) is 5.92 Å². The van der Waals surface area contributed by atoms with Gasteiger partial charge in [0.2, 0.25) is 5.91 Å². The molecule has 2 heterocycles. The lowest BCUT2D eigenvalue weighted by molar-refractivity contribution is -0.126. The van der Waals surface area contributed by atoms with E-state index in [-0.39, 0.29) is 17.9 Å². The Bertz CT molecular complexity index is 957. The molecule has 5 rings (SSSR count). The number of rotatable bonds is 8. The molecule has 2 aliphatic carbocycles. The van der Waals surface area contributed by atoms with Crippen LogP contribution in [0.3, 0.4) is 0 Å². The molecule has 0 bridgehead atoms. The number of allylic oxidation sites excluding steroid dienone is 1. The number of carbonyl (C=O) groups excluding carboxylic acids is 2. The van der Waals surface area contributed by atoms with Crippen LogP contribution in [-0.4, -0.2) is 66.1 Å². The van der Waals surface area contributed by atoms with Gasteiger partial charge in [0.05, 0.1) is 6.10 Å². The van der Waals surface area contributed by atoms with E-state index in [0.29, 0.717) is 37.1 Å². The van der Waals surface area contributed by atoms with Gasteiger partial charge in [-0.25, -0.2) is 0 Å². The van der Waals surface area contributed by atoms with E-state index in [4.69, 9.17) is 9.47 Å². The highest BCUT2D eigenvalue weighted by atomic mass is 16.5. The second kappa shape index (κ2) is 9.70. The fourth-order valence-electron chi connectivity index (χ4n) is 6.19. The van der Waals surface area contributed by atoms with Crippen molar-refractivity contribution in [3.63, 3.8) is 0 Å². The van der Waals surface area contributed by atoms with Crippen molar-refractivity contribution >= 4 is 11.8 Å². The number of hydrogen-bond donors (Lipinski definition) is 1. The van der Waals surface area contributed by atoms with E-state index in [0.717, 1.165) is 61.7 Å². The molecule has 1 unspecified atom stereocenters. The number of piperidine rings is 1. The molecule has 7 nitrogen and oxygen atoms in total. The van der Waals surface area contributed by atoms with E-state index in [1.165, 1.54) is 6.42 Å². The molecule has 1 N–H and O–H groups in total. The van der Waals surface area contributed by atoms with Gasteiger partial charge in [0.15, 0.2) is 0 Å². The molecule has 0 radical (unpaired) electrons. The van der Waals surface area contributed by atoms with Gasteiger partial charge in [-0.3, -0.25) is 14.5 Å². The number of carbonyl (C=O) groups is 2. The molecule has 4 aliphatic rings. The Kier molecular flexibility index (Phi) is 6.67.